The molecule has 0 fully saturated rings. The van der Waals surface area contributed by atoms with Crippen molar-refractivity contribution in [1.29, 1.82) is 0 Å². The third-order valence-electron chi connectivity index (χ3n) is 4.84. The molecule has 0 saturated carbocycles. The highest BCUT2D eigenvalue weighted by Gasteiger charge is 2.19. The summed E-state index contributed by atoms with van der Waals surface area (Å²) in [7, 11) is 0. The van der Waals surface area contributed by atoms with E-state index in [1.54, 1.807) is 0 Å². The molecular formula is C22H19BrO2. The molecule has 0 heterocycles. The van der Waals surface area contributed by atoms with Gasteiger partial charge in [0.15, 0.2) is 6.10 Å². The lowest BCUT2D eigenvalue weighted by molar-refractivity contribution is 0.0818. The van der Waals surface area contributed by atoms with E-state index in [1.807, 2.05) is 49.4 Å². The molecule has 3 heteroatoms. The first-order chi connectivity index (χ1) is 12.1. The molecule has 1 atom stereocenters. The summed E-state index contributed by atoms with van der Waals surface area (Å²) in [5.41, 5.74) is 3.44. The number of ether oxygens (including phenoxy) is 1. The van der Waals surface area contributed by atoms with Gasteiger partial charge in [0.2, 0.25) is 5.78 Å². The Balaban J connectivity index is 1.54. The number of hydrogen-bond donors (Lipinski definition) is 0. The summed E-state index contributed by atoms with van der Waals surface area (Å²) in [5.74, 6) is 0.752. The number of ketones is 1. The molecule has 0 radical (unpaired) electrons. The maximum atomic E-state index is 12.7. The number of aryl methyl sites for hydroxylation is 2. The lowest BCUT2D eigenvalue weighted by Gasteiger charge is -2.15. The van der Waals surface area contributed by atoms with Gasteiger partial charge in [-0.3, -0.25) is 4.79 Å². The molecule has 0 unspecified atom stereocenters. The van der Waals surface area contributed by atoms with Crippen molar-refractivity contribution in [3.63, 3.8) is 0 Å². The van der Waals surface area contributed by atoms with Gasteiger partial charge in [0.1, 0.15) is 5.75 Å². The quantitative estimate of drug-likeness (QED) is 0.527. The van der Waals surface area contributed by atoms with Crippen LogP contribution in [0.25, 0.3) is 10.8 Å². The molecule has 25 heavy (non-hydrogen) atoms. The normalized spacial score (nSPS) is 14.3. The lowest BCUT2D eigenvalue weighted by Crippen LogP contribution is -2.24. The van der Waals surface area contributed by atoms with Gasteiger partial charge in [-0.25, -0.2) is 0 Å². The van der Waals surface area contributed by atoms with E-state index >= 15 is 0 Å². The summed E-state index contributed by atoms with van der Waals surface area (Å²) in [4.78, 5) is 12.7. The van der Waals surface area contributed by atoms with Gasteiger partial charge in [-0.05, 0) is 78.4 Å². The Morgan fingerprint density at radius 3 is 2.60 bits per heavy atom. The first kappa shape index (κ1) is 16.3. The SMILES string of the molecule is C[C@@H](Oc1ccc2cc(Br)ccc2c1)C(=O)c1ccc2c(c1)CCC2. The molecule has 0 spiro atoms. The van der Waals surface area contributed by atoms with Gasteiger partial charge in [-0.2, -0.15) is 0 Å². The van der Waals surface area contributed by atoms with E-state index in [0.717, 1.165) is 39.4 Å². The maximum Gasteiger partial charge on any atom is 0.203 e. The van der Waals surface area contributed by atoms with Crippen molar-refractivity contribution in [3.05, 3.63) is 75.8 Å². The number of fused-ring (bicyclic) bond motifs is 2. The van der Waals surface area contributed by atoms with E-state index in [-0.39, 0.29) is 5.78 Å². The largest absolute Gasteiger partial charge is 0.483 e. The summed E-state index contributed by atoms with van der Waals surface area (Å²) in [6.07, 6.45) is 2.88. The van der Waals surface area contributed by atoms with Crippen LogP contribution in [-0.2, 0) is 12.8 Å². The second-order valence-electron chi connectivity index (χ2n) is 6.61. The topological polar surface area (TPSA) is 26.3 Å². The van der Waals surface area contributed by atoms with Crippen LogP contribution in [0.15, 0.2) is 59.1 Å². The molecule has 0 N–H and O–H groups in total. The van der Waals surface area contributed by atoms with E-state index in [0.29, 0.717) is 0 Å². The third kappa shape index (κ3) is 3.34. The Morgan fingerprint density at radius 2 is 1.72 bits per heavy atom. The van der Waals surface area contributed by atoms with Gasteiger partial charge >= 0.3 is 0 Å². The third-order valence-corrected chi connectivity index (χ3v) is 5.33. The van der Waals surface area contributed by atoms with Gasteiger partial charge in [0.25, 0.3) is 0 Å². The molecule has 1 aliphatic carbocycles. The van der Waals surface area contributed by atoms with Crippen LogP contribution in [0, 0.1) is 0 Å². The van der Waals surface area contributed by atoms with E-state index in [1.165, 1.54) is 17.5 Å². The summed E-state index contributed by atoms with van der Waals surface area (Å²) in [5, 5.41) is 2.23. The van der Waals surface area contributed by atoms with E-state index in [4.69, 9.17) is 4.74 Å². The summed E-state index contributed by atoms with van der Waals surface area (Å²) in [6.45, 7) is 1.82. The van der Waals surface area contributed by atoms with Crippen LogP contribution in [-0.4, -0.2) is 11.9 Å². The Bertz CT molecular complexity index is 961. The standard InChI is InChI=1S/C22H19BrO2/c1-14(22(24)19-6-5-15-3-2-4-16(15)11-19)25-21-10-8-17-12-20(23)9-7-18(17)13-21/h5-14H,2-4H2,1H3/t14-/m1/s1. The van der Waals surface area contributed by atoms with Crippen LogP contribution in [0.1, 0.15) is 34.8 Å². The van der Waals surface area contributed by atoms with Gasteiger partial charge in [0, 0.05) is 10.0 Å². The minimum absolute atomic E-state index is 0.0330. The molecule has 3 aromatic carbocycles. The van der Waals surface area contributed by atoms with E-state index in [9.17, 15) is 4.79 Å². The van der Waals surface area contributed by atoms with Crippen molar-refractivity contribution < 1.29 is 9.53 Å². The highest BCUT2D eigenvalue weighted by atomic mass is 79.9. The fourth-order valence-corrected chi connectivity index (χ4v) is 3.86. The Kier molecular flexibility index (Phi) is 4.34. The Labute approximate surface area is 155 Å². The van der Waals surface area contributed by atoms with E-state index < -0.39 is 6.10 Å². The zero-order chi connectivity index (χ0) is 17.4. The lowest BCUT2D eigenvalue weighted by atomic mass is 10.0. The summed E-state index contributed by atoms with van der Waals surface area (Å²) >= 11 is 3.48. The molecule has 0 aliphatic heterocycles. The Morgan fingerprint density at radius 1 is 0.960 bits per heavy atom. The summed E-state index contributed by atoms with van der Waals surface area (Å²) in [6, 6.07) is 18.1. The zero-order valence-corrected chi connectivity index (χ0v) is 15.7. The van der Waals surface area contributed by atoms with Crippen molar-refractivity contribution >= 4 is 32.5 Å². The number of benzene rings is 3. The van der Waals surface area contributed by atoms with Crippen molar-refractivity contribution in [2.75, 3.05) is 0 Å². The van der Waals surface area contributed by atoms with Crippen LogP contribution in [0.2, 0.25) is 0 Å². The zero-order valence-electron chi connectivity index (χ0n) is 14.1. The smallest absolute Gasteiger partial charge is 0.203 e. The van der Waals surface area contributed by atoms with Gasteiger partial charge in [-0.15, -0.1) is 0 Å². The number of carbonyl (C=O) groups is 1. The van der Waals surface area contributed by atoms with Crippen LogP contribution < -0.4 is 4.74 Å². The average Bonchev–Trinajstić information content (AvgIpc) is 3.08. The number of rotatable bonds is 4. The molecule has 0 bridgehead atoms. The molecule has 0 amide bonds. The second-order valence-corrected chi connectivity index (χ2v) is 7.53. The molecule has 3 aromatic rings. The van der Waals surface area contributed by atoms with Gasteiger partial charge in [-0.1, -0.05) is 40.2 Å². The highest BCUT2D eigenvalue weighted by Crippen LogP contribution is 2.26. The molecule has 126 valence electrons. The predicted molar refractivity (Wildman–Crippen MR) is 105 cm³/mol. The predicted octanol–water partition coefficient (Wildman–Crippen LogP) is 5.74. The fourth-order valence-electron chi connectivity index (χ4n) is 3.49. The van der Waals surface area contributed by atoms with Crippen LogP contribution in [0.4, 0.5) is 0 Å². The van der Waals surface area contributed by atoms with Crippen molar-refractivity contribution in [2.24, 2.45) is 0 Å². The monoisotopic (exact) mass is 394 g/mol. The van der Waals surface area contributed by atoms with Crippen molar-refractivity contribution in [3.8, 4) is 5.75 Å². The van der Waals surface area contributed by atoms with E-state index in [2.05, 4.69) is 28.1 Å². The molecule has 0 saturated heterocycles. The molecule has 4 rings (SSSR count). The number of halogens is 1. The van der Waals surface area contributed by atoms with Gasteiger partial charge in [0.05, 0.1) is 0 Å². The average molecular weight is 395 g/mol. The van der Waals surface area contributed by atoms with Crippen molar-refractivity contribution in [2.45, 2.75) is 32.3 Å². The van der Waals surface area contributed by atoms with Crippen LogP contribution >= 0.6 is 15.9 Å². The number of Topliss-reactive ketones (excluding diaryl/α,β-unsaturated/α-hetero) is 1. The van der Waals surface area contributed by atoms with Gasteiger partial charge < -0.3 is 4.74 Å². The molecular weight excluding hydrogens is 376 g/mol. The first-order valence-corrected chi connectivity index (χ1v) is 9.41. The molecule has 0 aromatic heterocycles. The van der Waals surface area contributed by atoms with Crippen LogP contribution in [0.3, 0.4) is 0 Å². The molecule has 1 aliphatic rings. The molecule has 2 nitrogen and oxygen atoms in total. The fraction of sp³-hybridized carbons (Fsp3) is 0.227. The number of hydrogen-bond acceptors (Lipinski definition) is 2. The second kappa shape index (κ2) is 6.64. The minimum atomic E-state index is -0.507. The maximum absolute atomic E-state index is 12.7. The highest BCUT2D eigenvalue weighted by molar-refractivity contribution is 9.10. The Hall–Kier alpha value is -2.13. The van der Waals surface area contributed by atoms with Crippen molar-refractivity contribution in [1.82, 2.24) is 0 Å². The number of carbonyl (C=O) groups excluding carboxylic acids is 1. The minimum Gasteiger partial charge on any atom is -0.483 e. The summed E-state index contributed by atoms with van der Waals surface area (Å²) < 4.78 is 6.98. The first-order valence-electron chi connectivity index (χ1n) is 8.62. The van der Waals surface area contributed by atoms with Crippen LogP contribution in [0.5, 0.6) is 5.75 Å².